The van der Waals surface area contributed by atoms with Crippen LogP contribution in [0.2, 0.25) is 0 Å². The summed E-state index contributed by atoms with van der Waals surface area (Å²) in [6.45, 7) is 6.21. The van der Waals surface area contributed by atoms with Gasteiger partial charge in [0.1, 0.15) is 11.4 Å². The third-order valence-corrected chi connectivity index (χ3v) is 6.97. The topological polar surface area (TPSA) is 132 Å². The molecular weight excluding hydrogens is 700 g/mol. The third kappa shape index (κ3) is 8.29. The van der Waals surface area contributed by atoms with E-state index >= 15 is 0 Å². The van der Waals surface area contributed by atoms with Crippen LogP contribution in [0.5, 0.6) is 23.0 Å². The van der Waals surface area contributed by atoms with E-state index in [1.54, 1.807) is 32.0 Å². The fourth-order valence-corrected chi connectivity index (χ4v) is 5.02. The number of carbonyl (C=O) groups is 4. The number of rotatable bonds is 13. The van der Waals surface area contributed by atoms with Crippen LogP contribution in [-0.4, -0.2) is 50.2 Å². The molecule has 236 valence electrons. The predicted octanol–water partition coefficient (Wildman–Crippen LogP) is 5.70. The molecule has 1 fully saturated rings. The molecule has 1 saturated heterocycles. The average Bonchev–Trinajstić information content (AvgIpc) is 3.00. The summed E-state index contributed by atoms with van der Waals surface area (Å²) in [5.41, 5.74) is 0.724. The van der Waals surface area contributed by atoms with Crippen LogP contribution in [0.4, 0.5) is 20.6 Å². The average molecular weight is 732 g/mol. The van der Waals surface area contributed by atoms with Crippen molar-refractivity contribution in [2.45, 2.75) is 27.2 Å². The Morgan fingerprint density at radius 3 is 2.31 bits per heavy atom. The molecule has 1 heterocycles. The maximum Gasteiger partial charge on any atom is 0.335 e. The summed E-state index contributed by atoms with van der Waals surface area (Å²) < 4.78 is 36.6. The van der Waals surface area contributed by atoms with Gasteiger partial charge in [0.05, 0.1) is 29.1 Å². The minimum Gasteiger partial charge on any atom is -0.490 e. The zero-order valence-electron chi connectivity index (χ0n) is 24.8. The Kier molecular flexibility index (Phi) is 11.4. The number of barbiturate groups is 1. The maximum atomic E-state index is 13.6. The fraction of sp³-hybridized carbons (Fsp3) is 0.250. The van der Waals surface area contributed by atoms with Gasteiger partial charge in [-0.25, -0.2) is 14.1 Å². The molecule has 13 heteroatoms. The summed E-state index contributed by atoms with van der Waals surface area (Å²) in [5.74, 6) is -1.23. The van der Waals surface area contributed by atoms with Crippen molar-refractivity contribution in [2.75, 3.05) is 36.6 Å². The normalized spacial score (nSPS) is 13.8. The lowest BCUT2D eigenvalue weighted by Crippen LogP contribution is -2.54. The van der Waals surface area contributed by atoms with Gasteiger partial charge in [-0.05, 0) is 103 Å². The summed E-state index contributed by atoms with van der Waals surface area (Å²) in [6.07, 6.45) is 2.12. The van der Waals surface area contributed by atoms with Crippen molar-refractivity contribution < 1.29 is 42.5 Å². The molecule has 3 aromatic carbocycles. The van der Waals surface area contributed by atoms with Crippen LogP contribution in [0.1, 0.15) is 32.8 Å². The minimum atomic E-state index is -0.904. The van der Waals surface area contributed by atoms with Crippen molar-refractivity contribution in [1.82, 2.24) is 5.32 Å². The second-order valence-electron chi connectivity index (χ2n) is 9.48. The van der Waals surface area contributed by atoms with Crippen LogP contribution in [0.3, 0.4) is 0 Å². The highest BCUT2D eigenvalue weighted by molar-refractivity contribution is 14.1. The van der Waals surface area contributed by atoms with Crippen LogP contribution >= 0.6 is 22.6 Å². The van der Waals surface area contributed by atoms with E-state index in [9.17, 15) is 23.6 Å². The Hall–Kier alpha value is -4.66. The first-order chi connectivity index (χ1) is 21.6. The first-order valence-corrected chi connectivity index (χ1v) is 15.2. The molecular formula is C32H31FIN3O8. The number of nitrogens with zero attached hydrogens (tertiary/aromatic N) is 1. The van der Waals surface area contributed by atoms with Crippen molar-refractivity contribution >= 4 is 63.8 Å². The van der Waals surface area contributed by atoms with Crippen molar-refractivity contribution in [2.24, 2.45) is 0 Å². The van der Waals surface area contributed by atoms with E-state index in [2.05, 4.69) is 10.6 Å². The van der Waals surface area contributed by atoms with Gasteiger partial charge in [0, 0.05) is 11.8 Å². The Morgan fingerprint density at radius 2 is 1.62 bits per heavy atom. The molecule has 0 unspecified atom stereocenters. The van der Waals surface area contributed by atoms with Gasteiger partial charge >= 0.3 is 6.03 Å². The zero-order chi connectivity index (χ0) is 32.5. The molecule has 0 aromatic heterocycles. The lowest BCUT2D eigenvalue weighted by atomic mass is 10.1. The molecule has 1 aliphatic heterocycles. The molecule has 45 heavy (non-hydrogen) atoms. The molecule has 0 saturated carbocycles. The quantitative estimate of drug-likeness (QED) is 0.130. The SMILES string of the molecule is CCCOc1ccc(N2C(=O)NC(=O)/C(=C\c3cc(I)c(OCC(=O)Nc4ccc(F)cc4)c(OCC)c3)C2=O)cc1OCC. The highest BCUT2D eigenvalue weighted by atomic mass is 127. The molecule has 0 aliphatic carbocycles. The lowest BCUT2D eigenvalue weighted by molar-refractivity contribution is -0.122. The van der Waals surface area contributed by atoms with Crippen LogP contribution < -0.4 is 34.5 Å². The number of halogens is 2. The summed E-state index contributed by atoms with van der Waals surface area (Å²) in [4.78, 5) is 52.5. The standard InChI is InChI=1S/C32H31FIN3O8/c1-4-13-44-25-12-11-22(17-26(25)42-5-2)37-31(40)23(30(39)36-32(37)41)14-19-15-24(34)29(27(16-19)43-6-3)45-18-28(38)35-21-9-7-20(33)8-10-21/h7-12,14-17H,4-6,13,18H2,1-3H3,(H,35,38)(H,36,39,41)/b23-14+. The monoisotopic (exact) mass is 731 g/mol. The van der Waals surface area contributed by atoms with Gasteiger partial charge in [0.2, 0.25) is 0 Å². The molecule has 0 radical (unpaired) electrons. The van der Waals surface area contributed by atoms with Gasteiger partial charge in [-0.1, -0.05) is 6.92 Å². The molecule has 0 bridgehead atoms. The fourth-order valence-electron chi connectivity index (χ4n) is 4.24. The molecule has 1 aliphatic rings. The number of carbonyl (C=O) groups excluding carboxylic acids is 4. The molecule has 5 amide bonds. The minimum absolute atomic E-state index is 0.190. The number of benzene rings is 3. The number of hydrogen-bond donors (Lipinski definition) is 2. The Balaban J connectivity index is 1.59. The Morgan fingerprint density at radius 1 is 0.911 bits per heavy atom. The van der Waals surface area contributed by atoms with Gasteiger partial charge in [-0.3, -0.25) is 19.7 Å². The van der Waals surface area contributed by atoms with Crippen LogP contribution in [0.25, 0.3) is 6.08 Å². The Bertz CT molecular complexity index is 1630. The molecule has 2 N–H and O–H groups in total. The third-order valence-electron chi connectivity index (χ3n) is 6.17. The number of imide groups is 2. The largest absolute Gasteiger partial charge is 0.490 e. The summed E-state index contributed by atoms with van der Waals surface area (Å²) in [7, 11) is 0. The van der Waals surface area contributed by atoms with Crippen LogP contribution in [-0.2, 0) is 14.4 Å². The number of hydrogen-bond acceptors (Lipinski definition) is 8. The van der Waals surface area contributed by atoms with Gasteiger partial charge in [-0.2, -0.15) is 0 Å². The number of nitrogens with one attached hydrogen (secondary N) is 2. The van der Waals surface area contributed by atoms with E-state index in [1.165, 1.54) is 42.5 Å². The second kappa shape index (κ2) is 15.4. The van der Waals surface area contributed by atoms with Crippen molar-refractivity contribution in [3.63, 3.8) is 0 Å². The lowest BCUT2D eigenvalue weighted by Gasteiger charge is -2.27. The number of ether oxygens (including phenoxy) is 4. The Labute approximate surface area is 272 Å². The predicted molar refractivity (Wildman–Crippen MR) is 173 cm³/mol. The van der Waals surface area contributed by atoms with E-state index in [0.717, 1.165) is 11.3 Å². The summed E-state index contributed by atoms with van der Waals surface area (Å²) >= 11 is 1.99. The van der Waals surface area contributed by atoms with Crippen LogP contribution in [0, 0.1) is 9.39 Å². The number of amides is 5. The first kappa shape index (κ1) is 33.2. The zero-order valence-corrected chi connectivity index (χ0v) is 26.9. The molecule has 4 rings (SSSR count). The number of anilines is 2. The van der Waals surface area contributed by atoms with E-state index < -0.39 is 29.6 Å². The summed E-state index contributed by atoms with van der Waals surface area (Å²) in [6, 6.07) is 12.2. The number of urea groups is 1. The van der Waals surface area contributed by atoms with Crippen LogP contribution in [0.15, 0.2) is 60.2 Å². The highest BCUT2D eigenvalue weighted by Crippen LogP contribution is 2.36. The van der Waals surface area contributed by atoms with Gasteiger partial charge in [0.25, 0.3) is 17.7 Å². The van der Waals surface area contributed by atoms with Crippen molar-refractivity contribution in [3.05, 3.63) is 75.1 Å². The van der Waals surface area contributed by atoms with Crippen molar-refractivity contribution in [3.8, 4) is 23.0 Å². The molecule has 0 spiro atoms. The smallest absolute Gasteiger partial charge is 0.335 e. The first-order valence-electron chi connectivity index (χ1n) is 14.1. The molecule has 11 nitrogen and oxygen atoms in total. The van der Waals surface area contributed by atoms with E-state index in [0.29, 0.717) is 39.5 Å². The van der Waals surface area contributed by atoms with Gasteiger partial charge in [-0.15, -0.1) is 0 Å². The van der Waals surface area contributed by atoms with E-state index in [4.69, 9.17) is 18.9 Å². The molecule has 0 atom stereocenters. The second-order valence-corrected chi connectivity index (χ2v) is 10.6. The van der Waals surface area contributed by atoms with E-state index in [1.807, 2.05) is 29.5 Å². The molecule has 3 aromatic rings. The van der Waals surface area contributed by atoms with Gasteiger partial charge < -0.3 is 24.3 Å². The highest BCUT2D eigenvalue weighted by Gasteiger charge is 2.37. The van der Waals surface area contributed by atoms with E-state index in [-0.39, 0.29) is 36.0 Å². The van der Waals surface area contributed by atoms with Crippen molar-refractivity contribution in [1.29, 1.82) is 0 Å². The summed E-state index contributed by atoms with van der Waals surface area (Å²) in [5, 5.41) is 4.83. The maximum absolute atomic E-state index is 13.6. The van der Waals surface area contributed by atoms with Gasteiger partial charge in [0.15, 0.2) is 29.6 Å².